The molecule has 1 aromatic carbocycles. The van der Waals surface area contributed by atoms with Crippen LogP contribution in [-0.4, -0.2) is 38.4 Å². The van der Waals surface area contributed by atoms with Crippen molar-refractivity contribution >= 4 is 10.1 Å². The smallest absolute Gasteiger partial charge is 0.297 e. The van der Waals surface area contributed by atoms with Gasteiger partial charge in [0.05, 0.1) is 23.7 Å². The lowest BCUT2D eigenvalue weighted by atomic mass is 10.1. The summed E-state index contributed by atoms with van der Waals surface area (Å²) in [6.45, 7) is 12.8. The minimum Gasteiger partial charge on any atom is -0.388 e. The van der Waals surface area contributed by atoms with Crippen molar-refractivity contribution in [1.29, 1.82) is 0 Å². The highest BCUT2D eigenvalue weighted by molar-refractivity contribution is 7.86. The minimum atomic E-state index is -3.93. The summed E-state index contributed by atoms with van der Waals surface area (Å²) < 4.78 is 35.3. The highest BCUT2D eigenvalue weighted by atomic mass is 32.2. The van der Waals surface area contributed by atoms with Crippen LogP contribution in [0.1, 0.15) is 32.3 Å². The first-order valence-electron chi connectivity index (χ1n) is 8.27. The Morgan fingerprint density at radius 3 is 2.40 bits per heavy atom. The second-order valence-corrected chi connectivity index (χ2v) is 7.68. The number of hydrogen-bond acceptors (Lipinski definition) is 5. The van der Waals surface area contributed by atoms with E-state index >= 15 is 0 Å². The van der Waals surface area contributed by atoms with Gasteiger partial charge < -0.3 is 9.84 Å². The first-order chi connectivity index (χ1) is 11.7. The van der Waals surface area contributed by atoms with Crippen molar-refractivity contribution in [2.75, 3.05) is 6.61 Å². The van der Waals surface area contributed by atoms with E-state index in [2.05, 4.69) is 13.2 Å². The molecule has 0 fully saturated rings. The van der Waals surface area contributed by atoms with Gasteiger partial charge in [-0.2, -0.15) is 8.42 Å². The third-order valence-electron chi connectivity index (χ3n) is 3.79. The van der Waals surface area contributed by atoms with E-state index in [-0.39, 0.29) is 17.6 Å². The molecule has 0 aliphatic rings. The second kappa shape index (κ2) is 9.87. The van der Waals surface area contributed by atoms with Gasteiger partial charge in [0.15, 0.2) is 0 Å². The maximum atomic E-state index is 12.2. The van der Waals surface area contributed by atoms with E-state index in [0.29, 0.717) is 12.8 Å². The topological polar surface area (TPSA) is 72.8 Å². The minimum absolute atomic E-state index is 0.0554. The maximum absolute atomic E-state index is 12.2. The van der Waals surface area contributed by atoms with Gasteiger partial charge in [-0.1, -0.05) is 42.8 Å². The average Bonchev–Trinajstić information content (AvgIpc) is 2.56. The Morgan fingerprint density at radius 1 is 1.32 bits per heavy atom. The summed E-state index contributed by atoms with van der Waals surface area (Å²) in [5.41, 5.74) is 1.79. The maximum Gasteiger partial charge on any atom is 0.297 e. The Kier molecular flexibility index (Phi) is 8.52. The van der Waals surface area contributed by atoms with Gasteiger partial charge in [-0.15, -0.1) is 6.58 Å². The van der Waals surface area contributed by atoms with E-state index in [0.717, 1.165) is 11.1 Å². The van der Waals surface area contributed by atoms with Crippen LogP contribution in [0, 0.1) is 6.92 Å². The molecular formula is C19H28O5S. The van der Waals surface area contributed by atoms with Gasteiger partial charge in [-0.3, -0.25) is 4.18 Å². The molecule has 0 heterocycles. The molecule has 6 heteroatoms. The van der Waals surface area contributed by atoms with Crippen LogP contribution in [-0.2, 0) is 19.0 Å². The van der Waals surface area contributed by atoms with Crippen molar-refractivity contribution in [3.05, 3.63) is 54.6 Å². The molecule has 0 amide bonds. The molecule has 0 aliphatic heterocycles. The van der Waals surface area contributed by atoms with Crippen molar-refractivity contribution < 1.29 is 22.4 Å². The van der Waals surface area contributed by atoms with E-state index in [1.54, 1.807) is 18.2 Å². The zero-order valence-electron chi connectivity index (χ0n) is 15.1. The zero-order valence-corrected chi connectivity index (χ0v) is 16.0. The van der Waals surface area contributed by atoms with Gasteiger partial charge in [0, 0.05) is 0 Å². The molecule has 1 N–H and O–H groups in total. The fraction of sp³-hybridized carbons (Fsp3) is 0.474. The summed E-state index contributed by atoms with van der Waals surface area (Å²) in [5, 5.41) is 10.3. The first kappa shape index (κ1) is 21.6. The number of benzene rings is 1. The standard InChI is InChI=1S/C19H28O5S/c1-6-8-19(24-18(7-2)14(3)4)17(20)13-23-25(21,22)16-11-9-15(5)10-12-16/h6,9-12,17-20H,1,3,7-8,13H2,2,4-5H3/t17-,18+,19+/m0/s1. The summed E-state index contributed by atoms with van der Waals surface area (Å²) in [7, 11) is -3.93. The number of hydrogen-bond donors (Lipinski definition) is 1. The van der Waals surface area contributed by atoms with Gasteiger partial charge in [0.25, 0.3) is 10.1 Å². The van der Waals surface area contributed by atoms with Crippen molar-refractivity contribution in [2.24, 2.45) is 0 Å². The number of rotatable bonds is 11. The molecule has 0 aliphatic carbocycles. The first-order valence-corrected chi connectivity index (χ1v) is 9.68. The molecule has 0 radical (unpaired) electrons. The number of aliphatic hydroxyl groups is 1. The van der Waals surface area contributed by atoms with E-state index in [1.807, 2.05) is 20.8 Å². The Hall–Kier alpha value is -1.47. The summed E-state index contributed by atoms with van der Waals surface area (Å²) in [6.07, 6.45) is 0.761. The number of aryl methyl sites for hydroxylation is 1. The Balaban J connectivity index is 2.76. The summed E-state index contributed by atoms with van der Waals surface area (Å²) in [5.74, 6) is 0. The molecule has 1 aromatic rings. The van der Waals surface area contributed by atoms with E-state index in [9.17, 15) is 13.5 Å². The average molecular weight is 368 g/mol. The highest BCUT2D eigenvalue weighted by Gasteiger charge is 2.25. The lowest BCUT2D eigenvalue weighted by Gasteiger charge is -2.27. The van der Waals surface area contributed by atoms with E-state index in [4.69, 9.17) is 8.92 Å². The van der Waals surface area contributed by atoms with Crippen molar-refractivity contribution in [2.45, 2.75) is 56.8 Å². The quantitative estimate of drug-likeness (QED) is 0.479. The van der Waals surface area contributed by atoms with Gasteiger partial charge in [-0.25, -0.2) is 0 Å². The molecule has 0 saturated carbocycles. The summed E-state index contributed by atoms with van der Waals surface area (Å²) in [6, 6.07) is 6.33. The van der Waals surface area contributed by atoms with E-state index in [1.165, 1.54) is 12.1 Å². The summed E-state index contributed by atoms with van der Waals surface area (Å²) in [4.78, 5) is 0.0554. The predicted octanol–water partition coefficient (Wildman–Crippen LogP) is 3.38. The van der Waals surface area contributed by atoms with Crippen molar-refractivity contribution in [1.82, 2.24) is 0 Å². The largest absolute Gasteiger partial charge is 0.388 e. The monoisotopic (exact) mass is 368 g/mol. The van der Waals surface area contributed by atoms with E-state index < -0.39 is 22.3 Å². The van der Waals surface area contributed by atoms with Gasteiger partial charge >= 0.3 is 0 Å². The number of aliphatic hydroxyl groups excluding tert-OH is 1. The molecule has 0 bridgehead atoms. The van der Waals surface area contributed by atoms with Crippen LogP contribution >= 0.6 is 0 Å². The Morgan fingerprint density at radius 2 is 1.92 bits per heavy atom. The van der Waals surface area contributed by atoms with Crippen LogP contribution in [0.25, 0.3) is 0 Å². The number of ether oxygens (including phenoxy) is 1. The third kappa shape index (κ3) is 6.74. The molecule has 0 saturated heterocycles. The molecule has 5 nitrogen and oxygen atoms in total. The lowest BCUT2D eigenvalue weighted by molar-refractivity contribution is -0.0754. The van der Waals surface area contributed by atoms with Gasteiger partial charge in [-0.05, 0) is 38.8 Å². The molecule has 0 spiro atoms. The van der Waals surface area contributed by atoms with Crippen LogP contribution < -0.4 is 0 Å². The summed E-state index contributed by atoms with van der Waals surface area (Å²) >= 11 is 0. The third-order valence-corrected chi connectivity index (χ3v) is 5.09. The molecule has 3 atom stereocenters. The van der Waals surface area contributed by atoms with Crippen LogP contribution in [0.2, 0.25) is 0 Å². The Bertz CT molecular complexity index is 664. The molecule has 140 valence electrons. The van der Waals surface area contributed by atoms with Crippen LogP contribution in [0.5, 0.6) is 0 Å². The molecule has 0 unspecified atom stereocenters. The highest BCUT2D eigenvalue weighted by Crippen LogP contribution is 2.18. The van der Waals surface area contributed by atoms with Crippen LogP contribution in [0.3, 0.4) is 0 Å². The van der Waals surface area contributed by atoms with Crippen molar-refractivity contribution in [3.8, 4) is 0 Å². The fourth-order valence-corrected chi connectivity index (χ4v) is 3.20. The molecular weight excluding hydrogens is 340 g/mol. The molecule has 0 aromatic heterocycles. The fourth-order valence-electron chi connectivity index (χ4n) is 2.28. The normalized spacial score (nSPS) is 15.4. The van der Waals surface area contributed by atoms with Crippen molar-refractivity contribution in [3.63, 3.8) is 0 Å². The predicted molar refractivity (Wildman–Crippen MR) is 98.9 cm³/mol. The molecule has 1 rings (SSSR count). The lowest BCUT2D eigenvalue weighted by Crippen LogP contribution is -2.36. The van der Waals surface area contributed by atoms with Crippen LogP contribution in [0.4, 0.5) is 0 Å². The zero-order chi connectivity index (χ0) is 19.0. The van der Waals surface area contributed by atoms with Crippen LogP contribution in [0.15, 0.2) is 54.0 Å². The molecule has 25 heavy (non-hydrogen) atoms. The van der Waals surface area contributed by atoms with Gasteiger partial charge in [0.1, 0.15) is 6.10 Å². The SMILES string of the molecule is C=CC[C@@H](O[C@H](CC)C(=C)C)[C@@H](O)COS(=O)(=O)c1ccc(C)cc1. The Labute approximate surface area is 151 Å². The second-order valence-electron chi connectivity index (χ2n) is 6.06. The van der Waals surface area contributed by atoms with Gasteiger partial charge in [0.2, 0.25) is 0 Å².